The second kappa shape index (κ2) is 10.7. The number of carbonyl (C=O) groups is 1. The molecule has 6 heteroatoms. The Kier molecular flexibility index (Phi) is 7.98. The third-order valence-electron chi connectivity index (χ3n) is 3.92. The van der Waals surface area contributed by atoms with Crippen LogP contribution in [0.1, 0.15) is 17.5 Å². The Bertz CT molecular complexity index is 799. The predicted octanol–water partition coefficient (Wildman–Crippen LogP) is 3.03. The molecule has 0 radical (unpaired) electrons. The summed E-state index contributed by atoms with van der Waals surface area (Å²) in [5.41, 5.74) is 1.99. The van der Waals surface area contributed by atoms with Gasteiger partial charge in [0.05, 0.1) is 13.2 Å². The molecule has 1 amide bonds. The molecule has 1 N–H and O–H groups in total. The first-order valence-corrected chi connectivity index (χ1v) is 8.76. The van der Waals surface area contributed by atoms with Crippen molar-refractivity contribution in [1.82, 2.24) is 5.32 Å². The minimum atomic E-state index is -0.283. The summed E-state index contributed by atoms with van der Waals surface area (Å²) in [5.74, 6) is 1.82. The SMILES string of the molecule is COc1cccc(CCNC(=O)CC#N)c1OCCOc1ccccc1C. The molecule has 0 unspecified atom stereocenters. The van der Waals surface area contributed by atoms with Crippen LogP contribution < -0.4 is 19.5 Å². The summed E-state index contributed by atoms with van der Waals surface area (Å²) in [7, 11) is 1.59. The molecule has 0 fully saturated rings. The maximum Gasteiger partial charge on any atom is 0.234 e. The molecule has 0 heterocycles. The lowest BCUT2D eigenvalue weighted by Gasteiger charge is -2.16. The van der Waals surface area contributed by atoms with Gasteiger partial charge in [0.2, 0.25) is 5.91 Å². The molecule has 2 rings (SSSR count). The highest BCUT2D eigenvalue weighted by molar-refractivity contribution is 5.77. The first-order valence-electron chi connectivity index (χ1n) is 8.76. The van der Waals surface area contributed by atoms with Crippen molar-refractivity contribution in [3.63, 3.8) is 0 Å². The van der Waals surface area contributed by atoms with E-state index in [1.54, 1.807) is 7.11 Å². The van der Waals surface area contributed by atoms with Gasteiger partial charge in [0.25, 0.3) is 0 Å². The number of ether oxygens (including phenoxy) is 3. The molecule has 27 heavy (non-hydrogen) atoms. The zero-order chi connectivity index (χ0) is 19.5. The number of nitrogens with zero attached hydrogens (tertiary/aromatic N) is 1. The number of hydrogen-bond donors (Lipinski definition) is 1. The number of methoxy groups -OCH3 is 1. The van der Waals surface area contributed by atoms with Crippen LogP contribution in [0.15, 0.2) is 42.5 Å². The molecule has 0 spiro atoms. The number of carbonyl (C=O) groups excluding carboxylic acids is 1. The fourth-order valence-corrected chi connectivity index (χ4v) is 2.57. The zero-order valence-electron chi connectivity index (χ0n) is 15.7. The highest BCUT2D eigenvalue weighted by Crippen LogP contribution is 2.31. The topological polar surface area (TPSA) is 80.6 Å². The van der Waals surface area contributed by atoms with Gasteiger partial charge < -0.3 is 19.5 Å². The van der Waals surface area contributed by atoms with Crippen LogP contribution >= 0.6 is 0 Å². The van der Waals surface area contributed by atoms with Crippen molar-refractivity contribution in [2.24, 2.45) is 0 Å². The largest absolute Gasteiger partial charge is 0.493 e. The number of hydrogen-bond acceptors (Lipinski definition) is 5. The Morgan fingerprint density at radius 3 is 2.56 bits per heavy atom. The van der Waals surface area contributed by atoms with Gasteiger partial charge >= 0.3 is 0 Å². The fraction of sp³-hybridized carbons (Fsp3) is 0.333. The highest BCUT2D eigenvalue weighted by atomic mass is 16.5. The minimum absolute atomic E-state index is 0.141. The van der Waals surface area contributed by atoms with Crippen LogP contribution in [0.25, 0.3) is 0 Å². The van der Waals surface area contributed by atoms with E-state index in [1.165, 1.54) is 0 Å². The summed E-state index contributed by atoms with van der Waals surface area (Å²) < 4.78 is 17.1. The number of nitriles is 1. The van der Waals surface area contributed by atoms with Crippen LogP contribution in [-0.2, 0) is 11.2 Å². The van der Waals surface area contributed by atoms with Gasteiger partial charge in [0.15, 0.2) is 11.5 Å². The van der Waals surface area contributed by atoms with Gasteiger partial charge in [0, 0.05) is 6.54 Å². The monoisotopic (exact) mass is 368 g/mol. The summed E-state index contributed by atoms with van der Waals surface area (Å²) >= 11 is 0. The van der Waals surface area contributed by atoms with Crippen molar-refractivity contribution in [3.8, 4) is 23.3 Å². The van der Waals surface area contributed by atoms with E-state index < -0.39 is 0 Å². The second-order valence-electron chi connectivity index (χ2n) is 5.85. The molecule has 6 nitrogen and oxygen atoms in total. The summed E-state index contributed by atoms with van der Waals surface area (Å²) in [4.78, 5) is 11.4. The fourth-order valence-electron chi connectivity index (χ4n) is 2.57. The van der Waals surface area contributed by atoms with Gasteiger partial charge in [-0.15, -0.1) is 0 Å². The lowest BCUT2D eigenvalue weighted by molar-refractivity contribution is -0.120. The number of amides is 1. The first kappa shape index (κ1) is 20.1. The molecular formula is C21H24N2O4. The van der Waals surface area contributed by atoms with Gasteiger partial charge in [-0.25, -0.2) is 0 Å². The number of para-hydroxylation sites is 2. The average Bonchev–Trinajstić information content (AvgIpc) is 2.67. The van der Waals surface area contributed by atoms with E-state index in [-0.39, 0.29) is 12.3 Å². The summed E-state index contributed by atoms with van der Waals surface area (Å²) in [5, 5.41) is 11.2. The molecule has 142 valence electrons. The van der Waals surface area contributed by atoms with Crippen LogP contribution in [0.2, 0.25) is 0 Å². The molecule has 0 saturated carbocycles. The molecule has 0 aromatic heterocycles. The van der Waals surface area contributed by atoms with Crippen molar-refractivity contribution in [2.75, 3.05) is 26.9 Å². The van der Waals surface area contributed by atoms with Crippen molar-refractivity contribution in [3.05, 3.63) is 53.6 Å². The van der Waals surface area contributed by atoms with Crippen molar-refractivity contribution in [2.45, 2.75) is 19.8 Å². The smallest absolute Gasteiger partial charge is 0.234 e. The molecular weight excluding hydrogens is 344 g/mol. The number of aryl methyl sites for hydroxylation is 1. The first-order chi connectivity index (χ1) is 13.2. The van der Waals surface area contributed by atoms with Crippen LogP contribution in [0.4, 0.5) is 0 Å². The Morgan fingerprint density at radius 2 is 1.81 bits per heavy atom. The normalized spacial score (nSPS) is 9.96. The predicted molar refractivity (Wildman–Crippen MR) is 102 cm³/mol. The molecule has 0 aliphatic rings. The average molecular weight is 368 g/mol. The lowest BCUT2D eigenvalue weighted by Crippen LogP contribution is -2.25. The Labute approximate surface area is 159 Å². The molecule has 0 bridgehead atoms. The molecule has 0 atom stereocenters. The Morgan fingerprint density at radius 1 is 1.07 bits per heavy atom. The lowest BCUT2D eigenvalue weighted by atomic mass is 10.1. The van der Waals surface area contributed by atoms with E-state index in [1.807, 2.05) is 55.5 Å². The van der Waals surface area contributed by atoms with E-state index in [4.69, 9.17) is 19.5 Å². The second-order valence-corrected chi connectivity index (χ2v) is 5.85. The molecule has 0 aliphatic heterocycles. The molecule has 2 aromatic carbocycles. The van der Waals surface area contributed by atoms with E-state index in [9.17, 15) is 4.79 Å². The number of benzene rings is 2. The van der Waals surface area contributed by atoms with Gasteiger partial charge in [-0.3, -0.25) is 4.79 Å². The van der Waals surface area contributed by atoms with Crippen molar-refractivity contribution < 1.29 is 19.0 Å². The van der Waals surface area contributed by atoms with Gasteiger partial charge in [-0.1, -0.05) is 30.3 Å². The van der Waals surface area contributed by atoms with E-state index in [0.717, 1.165) is 16.9 Å². The van der Waals surface area contributed by atoms with Crippen molar-refractivity contribution >= 4 is 5.91 Å². The van der Waals surface area contributed by atoms with E-state index in [0.29, 0.717) is 37.7 Å². The summed E-state index contributed by atoms with van der Waals surface area (Å²) in [6, 6.07) is 15.3. The third-order valence-corrected chi connectivity index (χ3v) is 3.92. The van der Waals surface area contributed by atoms with Gasteiger partial charge in [-0.05, 0) is 36.6 Å². The van der Waals surface area contributed by atoms with Crippen LogP contribution in [0, 0.1) is 18.3 Å². The maximum absolute atomic E-state index is 11.4. The molecule has 2 aromatic rings. The van der Waals surface area contributed by atoms with E-state index >= 15 is 0 Å². The standard InChI is InChI=1S/C21H24N2O4/c1-16-6-3-4-8-18(16)26-14-15-27-21-17(7-5-9-19(21)25-2)11-13-23-20(24)10-12-22/h3-9H,10-11,13-15H2,1-2H3,(H,23,24). The minimum Gasteiger partial charge on any atom is -0.493 e. The Balaban J connectivity index is 1.93. The number of nitrogens with one attached hydrogen (secondary N) is 1. The van der Waals surface area contributed by atoms with Crippen molar-refractivity contribution in [1.29, 1.82) is 5.26 Å². The number of rotatable bonds is 10. The van der Waals surface area contributed by atoms with Crippen LogP contribution in [0.3, 0.4) is 0 Å². The quantitative estimate of drug-likeness (QED) is 0.652. The summed E-state index contributed by atoms with van der Waals surface area (Å²) in [6.45, 7) is 3.18. The summed E-state index contributed by atoms with van der Waals surface area (Å²) in [6.07, 6.45) is 0.431. The maximum atomic E-state index is 11.4. The Hall–Kier alpha value is -3.20. The zero-order valence-corrected chi connectivity index (χ0v) is 15.7. The molecule has 0 aliphatic carbocycles. The molecule has 0 saturated heterocycles. The van der Waals surface area contributed by atoms with Crippen LogP contribution in [-0.4, -0.2) is 32.8 Å². The van der Waals surface area contributed by atoms with Crippen LogP contribution in [0.5, 0.6) is 17.2 Å². The third kappa shape index (κ3) is 6.23. The highest BCUT2D eigenvalue weighted by Gasteiger charge is 2.11. The van der Waals surface area contributed by atoms with Gasteiger partial charge in [0.1, 0.15) is 25.4 Å². The van der Waals surface area contributed by atoms with E-state index in [2.05, 4.69) is 5.32 Å². The van der Waals surface area contributed by atoms with Gasteiger partial charge in [-0.2, -0.15) is 5.26 Å².